The number of alkyl halides is 2. The Hall–Kier alpha value is -4.17. The predicted octanol–water partition coefficient (Wildman–Crippen LogP) is 3.99. The van der Waals surface area contributed by atoms with E-state index in [0.717, 1.165) is 6.20 Å². The first-order chi connectivity index (χ1) is 18.0. The number of tetrazole rings is 1. The molecule has 1 atom stereocenters. The maximum Gasteiger partial charge on any atom is 0.334 e. The molecular weight excluding hydrogens is 513 g/mol. The van der Waals surface area contributed by atoms with E-state index in [9.17, 15) is 8.78 Å². The third-order valence-corrected chi connectivity index (χ3v) is 5.90. The molecular formula is C22H18ClF3N10O. The average molecular weight is 531 g/mol. The summed E-state index contributed by atoms with van der Waals surface area (Å²) in [5, 5.41) is 22.6. The van der Waals surface area contributed by atoms with Gasteiger partial charge in [-0.1, -0.05) is 22.9 Å². The third-order valence-electron chi connectivity index (χ3n) is 5.61. The van der Waals surface area contributed by atoms with E-state index in [2.05, 4.69) is 35.9 Å². The van der Waals surface area contributed by atoms with Gasteiger partial charge >= 0.3 is 6.55 Å². The van der Waals surface area contributed by atoms with Gasteiger partial charge in [-0.15, -0.1) is 10.2 Å². The highest BCUT2D eigenvalue weighted by atomic mass is 35.5. The molecule has 0 radical (unpaired) electrons. The highest BCUT2D eigenvalue weighted by Crippen LogP contribution is 2.34. The van der Waals surface area contributed by atoms with Gasteiger partial charge in [0.15, 0.2) is 5.82 Å². The van der Waals surface area contributed by atoms with E-state index in [4.69, 9.17) is 16.3 Å². The van der Waals surface area contributed by atoms with Crippen LogP contribution in [-0.2, 0) is 4.74 Å². The van der Waals surface area contributed by atoms with Crippen molar-refractivity contribution in [3.63, 3.8) is 0 Å². The van der Waals surface area contributed by atoms with Gasteiger partial charge in [-0.2, -0.15) is 23.2 Å². The van der Waals surface area contributed by atoms with Crippen LogP contribution < -0.4 is 0 Å². The van der Waals surface area contributed by atoms with Crippen LogP contribution in [0.25, 0.3) is 28.1 Å². The molecule has 37 heavy (non-hydrogen) atoms. The minimum Gasteiger partial charge on any atom is -0.385 e. The second-order valence-corrected chi connectivity index (χ2v) is 8.26. The van der Waals surface area contributed by atoms with Gasteiger partial charge in [-0.05, 0) is 35.0 Å². The molecule has 5 aromatic rings. The molecule has 190 valence electrons. The molecule has 0 aliphatic carbocycles. The summed E-state index contributed by atoms with van der Waals surface area (Å²) in [4.78, 5) is 4.57. The summed E-state index contributed by atoms with van der Waals surface area (Å²) < 4.78 is 49.6. The zero-order chi connectivity index (χ0) is 25.9. The molecule has 0 saturated carbocycles. The molecule has 0 saturated heterocycles. The van der Waals surface area contributed by atoms with Gasteiger partial charge in [0, 0.05) is 42.8 Å². The zero-order valence-corrected chi connectivity index (χ0v) is 19.9. The van der Waals surface area contributed by atoms with E-state index in [-0.39, 0.29) is 22.3 Å². The van der Waals surface area contributed by atoms with E-state index in [0.29, 0.717) is 40.2 Å². The average Bonchev–Trinajstić information content (AvgIpc) is 3.68. The van der Waals surface area contributed by atoms with Gasteiger partial charge in [-0.3, -0.25) is 9.67 Å². The van der Waals surface area contributed by atoms with E-state index in [1.165, 1.54) is 29.5 Å². The Balaban J connectivity index is 1.48. The topological polar surface area (TPSA) is 114 Å². The molecule has 0 fully saturated rings. The Bertz CT molecular complexity index is 1490. The minimum absolute atomic E-state index is 0.0540. The van der Waals surface area contributed by atoms with Crippen molar-refractivity contribution in [2.24, 2.45) is 0 Å². The van der Waals surface area contributed by atoms with Crippen LogP contribution in [0.15, 0.2) is 55.4 Å². The second-order valence-electron chi connectivity index (χ2n) is 7.85. The molecule has 1 aromatic carbocycles. The summed E-state index contributed by atoms with van der Waals surface area (Å²) in [6.07, 6.45) is 7.70. The van der Waals surface area contributed by atoms with Gasteiger partial charge in [0.05, 0.1) is 34.8 Å². The number of aromatic nitrogens is 10. The summed E-state index contributed by atoms with van der Waals surface area (Å²) in [6.45, 7) is -2.39. The van der Waals surface area contributed by atoms with E-state index in [1.807, 2.05) is 0 Å². The SMILES string of the molecule is COCCC(c1ccc(-c2c(-n3cnnn3)ccc(Cl)c2F)cn1)n1cc(-c2cn(C(F)F)nn2)cn1. The van der Waals surface area contributed by atoms with E-state index in [1.54, 1.807) is 36.2 Å². The lowest BCUT2D eigenvalue weighted by molar-refractivity contribution is 0.0546. The number of methoxy groups -OCH3 is 1. The van der Waals surface area contributed by atoms with Gasteiger partial charge in [0.2, 0.25) is 0 Å². The summed E-state index contributed by atoms with van der Waals surface area (Å²) in [5.41, 5.74) is 2.44. The number of hydrogen-bond acceptors (Lipinski definition) is 8. The first-order valence-corrected chi connectivity index (χ1v) is 11.2. The highest BCUT2D eigenvalue weighted by Gasteiger charge is 2.21. The van der Waals surface area contributed by atoms with Crippen molar-refractivity contribution in [3.05, 3.63) is 71.9 Å². The van der Waals surface area contributed by atoms with Crippen LogP contribution in [0.2, 0.25) is 5.02 Å². The minimum atomic E-state index is -2.79. The molecule has 0 aliphatic heterocycles. The van der Waals surface area contributed by atoms with Gasteiger partial charge in [-0.25, -0.2) is 4.39 Å². The van der Waals surface area contributed by atoms with Gasteiger partial charge in [0.25, 0.3) is 0 Å². The van der Waals surface area contributed by atoms with Crippen molar-refractivity contribution in [3.8, 4) is 28.1 Å². The molecule has 0 amide bonds. The summed E-state index contributed by atoms with van der Waals surface area (Å²) in [7, 11) is 1.58. The molecule has 4 aromatic heterocycles. The van der Waals surface area contributed by atoms with Crippen LogP contribution in [0.3, 0.4) is 0 Å². The first kappa shape index (κ1) is 24.5. The Labute approximate surface area is 212 Å². The lowest BCUT2D eigenvalue weighted by Crippen LogP contribution is -2.15. The standard InChI is InChI=1S/C22H18ClF3N10O/c1-37-7-6-18(34-10-14(9-29-34)17-11-35(22(25)26)32-30-17)16-4-2-13(8-27-16)20-19(36-12-28-31-33-36)5-3-15(23)21(20)24/h2-5,8-12,18,22H,6-7H2,1H3. The Morgan fingerprint density at radius 2 is 1.89 bits per heavy atom. The monoisotopic (exact) mass is 530 g/mol. The lowest BCUT2D eigenvalue weighted by atomic mass is 10.0. The Morgan fingerprint density at radius 3 is 2.57 bits per heavy atom. The second kappa shape index (κ2) is 10.4. The highest BCUT2D eigenvalue weighted by molar-refractivity contribution is 6.31. The number of pyridine rings is 1. The molecule has 1 unspecified atom stereocenters. The number of rotatable bonds is 9. The van der Waals surface area contributed by atoms with Crippen molar-refractivity contribution < 1.29 is 17.9 Å². The molecule has 0 aliphatic rings. The van der Waals surface area contributed by atoms with Crippen LogP contribution in [-0.4, -0.2) is 63.7 Å². The fourth-order valence-electron chi connectivity index (χ4n) is 3.82. The molecule has 0 spiro atoms. The molecule has 5 rings (SSSR count). The predicted molar refractivity (Wildman–Crippen MR) is 124 cm³/mol. The molecule has 11 nitrogen and oxygen atoms in total. The number of ether oxygens (including phenoxy) is 1. The Morgan fingerprint density at radius 1 is 1.03 bits per heavy atom. The Kier molecular flexibility index (Phi) is 6.92. The van der Waals surface area contributed by atoms with E-state index < -0.39 is 12.4 Å². The van der Waals surface area contributed by atoms with Gasteiger partial charge < -0.3 is 4.74 Å². The van der Waals surface area contributed by atoms with Crippen LogP contribution >= 0.6 is 11.6 Å². The smallest absolute Gasteiger partial charge is 0.334 e. The number of hydrogen-bond donors (Lipinski definition) is 0. The fraction of sp³-hybridized carbons (Fsp3) is 0.227. The third kappa shape index (κ3) is 4.93. The quantitative estimate of drug-likeness (QED) is 0.281. The van der Waals surface area contributed by atoms with Crippen molar-refractivity contribution in [2.45, 2.75) is 19.0 Å². The lowest BCUT2D eigenvalue weighted by Gasteiger charge is -2.18. The summed E-state index contributed by atoms with van der Waals surface area (Å²) >= 11 is 6.05. The molecule has 0 bridgehead atoms. The maximum atomic E-state index is 15.1. The van der Waals surface area contributed by atoms with Crippen LogP contribution in [0.5, 0.6) is 0 Å². The van der Waals surface area contributed by atoms with E-state index >= 15 is 4.39 Å². The van der Waals surface area contributed by atoms with Crippen molar-refractivity contribution in [1.82, 2.24) is 50.0 Å². The number of halogens is 4. The molecule has 0 N–H and O–H groups in total. The zero-order valence-electron chi connectivity index (χ0n) is 19.2. The van der Waals surface area contributed by atoms with Crippen LogP contribution in [0.1, 0.15) is 24.7 Å². The fourth-order valence-corrected chi connectivity index (χ4v) is 3.98. The molecule has 4 heterocycles. The normalized spacial score (nSPS) is 12.4. The van der Waals surface area contributed by atoms with Crippen molar-refractivity contribution >= 4 is 11.6 Å². The first-order valence-electron chi connectivity index (χ1n) is 10.9. The van der Waals surface area contributed by atoms with Gasteiger partial charge in [0.1, 0.15) is 12.0 Å². The van der Waals surface area contributed by atoms with Crippen LogP contribution in [0.4, 0.5) is 13.2 Å². The summed E-state index contributed by atoms with van der Waals surface area (Å²) in [6, 6.07) is 6.13. The summed E-state index contributed by atoms with van der Waals surface area (Å²) in [5.74, 6) is -0.631. The van der Waals surface area contributed by atoms with Crippen molar-refractivity contribution in [1.29, 1.82) is 0 Å². The molecule has 15 heteroatoms. The number of benzene rings is 1. The van der Waals surface area contributed by atoms with Crippen LogP contribution in [0, 0.1) is 5.82 Å². The largest absolute Gasteiger partial charge is 0.385 e. The van der Waals surface area contributed by atoms with Crippen molar-refractivity contribution in [2.75, 3.05) is 13.7 Å². The maximum absolute atomic E-state index is 15.1. The number of nitrogens with zero attached hydrogens (tertiary/aromatic N) is 10.